The van der Waals surface area contributed by atoms with Crippen LogP contribution in [0.15, 0.2) is 10.8 Å². The largest absolute Gasteiger partial charge is 0.480 e. The van der Waals surface area contributed by atoms with Gasteiger partial charge in [-0.3, -0.25) is 14.5 Å². The molecule has 0 spiro atoms. The minimum atomic E-state index is -0.947. The summed E-state index contributed by atoms with van der Waals surface area (Å²) in [4.78, 5) is 31.9. The van der Waals surface area contributed by atoms with Crippen molar-refractivity contribution in [2.75, 3.05) is 39.4 Å². The number of aryl methyl sites for hydroxylation is 1. The minimum absolute atomic E-state index is 0.151. The van der Waals surface area contributed by atoms with Crippen LogP contribution in [-0.4, -0.2) is 76.7 Å². The first-order valence-electron chi connectivity index (χ1n) is 7.86. The first-order valence-corrected chi connectivity index (χ1v) is 7.86. The number of piperazine rings is 1. The van der Waals surface area contributed by atoms with E-state index in [1.807, 2.05) is 11.8 Å². The molecule has 1 atom stereocenters. The molecule has 8 nitrogen and oxygen atoms in total. The zero-order valence-corrected chi connectivity index (χ0v) is 13.2. The summed E-state index contributed by atoms with van der Waals surface area (Å²) in [6, 6.07) is 0. The van der Waals surface area contributed by atoms with E-state index in [1.54, 1.807) is 4.90 Å². The van der Waals surface area contributed by atoms with Gasteiger partial charge in [-0.25, -0.2) is 4.98 Å². The molecule has 1 amide bonds. The Bertz CT molecular complexity index is 586. The molecule has 2 aliphatic heterocycles. The zero-order chi connectivity index (χ0) is 16.4. The lowest BCUT2D eigenvalue weighted by Gasteiger charge is -2.42. The summed E-state index contributed by atoms with van der Waals surface area (Å²) in [7, 11) is 0. The highest BCUT2D eigenvalue weighted by atomic mass is 16.5. The van der Waals surface area contributed by atoms with Gasteiger partial charge in [-0.1, -0.05) is 6.92 Å². The molecule has 1 aromatic heterocycles. The van der Waals surface area contributed by atoms with Crippen molar-refractivity contribution in [3.63, 3.8) is 0 Å². The summed E-state index contributed by atoms with van der Waals surface area (Å²) in [5.41, 5.74) is -0.587. The number of carbonyl (C=O) groups excluding carboxylic acids is 1. The van der Waals surface area contributed by atoms with E-state index in [4.69, 9.17) is 9.15 Å². The number of aromatic nitrogens is 1. The van der Waals surface area contributed by atoms with Crippen LogP contribution in [0.4, 0.5) is 0 Å². The molecule has 2 fully saturated rings. The molecule has 3 heterocycles. The lowest BCUT2D eigenvalue weighted by Crippen LogP contribution is -2.62. The van der Waals surface area contributed by atoms with Crippen molar-refractivity contribution in [1.29, 1.82) is 0 Å². The van der Waals surface area contributed by atoms with Gasteiger partial charge in [0, 0.05) is 45.6 Å². The van der Waals surface area contributed by atoms with Crippen molar-refractivity contribution in [2.45, 2.75) is 25.3 Å². The first-order chi connectivity index (χ1) is 11.1. The Kier molecular flexibility index (Phi) is 4.36. The molecule has 1 N–H and O–H groups in total. The normalized spacial score (nSPS) is 25.7. The average molecular weight is 323 g/mol. The molecule has 2 saturated heterocycles. The fourth-order valence-corrected chi connectivity index (χ4v) is 3.29. The van der Waals surface area contributed by atoms with Crippen molar-refractivity contribution in [2.24, 2.45) is 0 Å². The van der Waals surface area contributed by atoms with Crippen LogP contribution in [0.2, 0.25) is 0 Å². The molecule has 1 aromatic rings. The quantitative estimate of drug-likeness (QED) is 0.847. The van der Waals surface area contributed by atoms with Crippen molar-refractivity contribution >= 4 is 11.9 Å². The van der Waals surface area contributed by atoms with Crippen LogP contribution in [0.5, 0.6) is 0 Å². The minimum Gasteiger partial charge on any atom is -0.480 e. The highest BCUT2D eigenvalue weighted by Gasteiger charge is 2.48. The molecule has 0 aliphatic carbocycles. The number of oxazole rings is 1. The van der Waals surface area contributed by atoms with Gasteiger partial charge in [-0.2, -0.15) is 0 Å². The van der Waals surface area contributed by atoms with Crippen LogP contribution in [0.3, 0.4) is 0 Å². The Morgan fingerprint density at radius 1 is 1.35 bits per heavy atom. The third-order valence-corrected chi connectivity index (χ3v) is 4.74. The molecule has 23 heavy (non-hydrogen) atoms. The number of ether oxygens (including phenoxy) is 1. The second kappa shape index (κ2) is 6.29. The highest BCUT2D eigenvalue weighted by Crippen LogP contribution is 2.28. The molecule has 0 radical (unpaired) electrons. The zero-order valence-electron chi connectivity index (χ0n) is 13.2. The molecule has 2 aliphatic rings. The maximum atomic E-state index is 12.5. The molecule has 0 aromatic carbocycles. The summed E-state index contributed by atoms with van der Waals surface area (Å²) in [5.74, 6) is -0.412. The van der Waals surface area contributed by atoms with E-state index in [0.717, 1.165) is 0 Å². The van der Waals surface area contributed by atoms with E-state index in [9.17, 15) is 14.7 Å². The van der Waals surface area contributed by atoms with E-state index in [0.29, 0.717) is 57.1 Å². The summed E-state index contributed by atoms with van der Waals surface area (Å²) in [5, 5.41) is 9.59. The van der Waals surface area contributed by atoms with Gasteiger partial charge in [0.05, 0.1) is 6.61 Å². The molecule has 126 valence electrons. The maximum Gasteiger partial charge on any atom is 0.326 e. The number of hydrogen-bond acceptors (Lipinski definition) is 6. The summed E-state index contributed by atoms with van der Waals surface area (Å²) in [6.45, 7) is 4.56. The molecular formula is C15H21N3O5. The Morgan fingerprint density at radius 3 is 2.65 bits per heavy atom. The van der Waals surface area contributed by atoms with Gasteiger partial charge in [0.15, 0.2) is 12.1 Å². The van der Waals surface area contributed by atoms with Crippen molar-refractivity contribution in [3.05, 3.63) is 17.8 Å². The number of carboxylic acid groups (broad SMARTS) is 1. The maximum absolute atomic E-state index is 12.5. The van der Waals surface area contributed by atoms with Gasteiger partial charge in [0.2, 0.25) is 0 Å². The number of aliphatic carboxylic acids is 1. The van der Waals surface area contributed by atoms with Crippen molar-refractivity contribution < 1.29 is 23.8 Å². The summed E-state index contributed by atoms with van der Waals surface area (Å²) < 4.78 is 10.5. The van der Waals surface area contributed by atoms with Gasteiger partial charge in [-0.05, 0) is 0 Å². The van der Waals surface area contributed by atoms with E-state index in [-0.39, 0.29) is 12.5 Å². The van der Waals surface area contributed by atoms with Crippen LogP contribution in [0.25, 0.3) is 0 Å². The molecule has 0 saturated carbocycles. The molecule has 3 rings (SSSR count). The van der Waals surface area contributed by atoms with Crippen molar-refractivity contribution in [1.82, 2.24) is 14.8 Å². The second-order valence-corrected chi connectivity index (χ2v) is 5.90. The number of nitrogens with zero attached hydrogens (tertiary/aromatic N) is 3. The fraction of sp³-hybridized carbons (Fsp3) is 0.667. The standard InChI is InChI=1S/C15H21N3O5/c1-2-11-12(16-10-23-11)13(19)17-4-6-18(7-5-17)15(14(20)21)3-8-22-9-15/h10H,2-9H2,1H3,(H,20,21). The van der Waals surface area contributed by atoms with Gasteiger partial charge < -0.3 is 19.2 Å². The van der Waals surface area contributed by atoms with Crippen molar-refractivity contribution in [3.8, 4) is 0 Å². The monoisotopic (exact) mass is 323 g/mol. The van der Waals surface area contributed by atoms with E-state index in [2.05, 4.69) is 4.98 Å². The fourth-order valence-electron chi connectivity index (χ4n) is 3.29. The van der Waals surface area contributed by atoms with Gasteiger partial charge in [0.25, 0.3) is 5.91 Å². The van der Waals surface area contributed by atoms with E-state index >= 15 is 0 Å². The smallest absolute Gasteiger partial charge is 0.326 e. The Labute approximate surface area is 134 Å². The Hall–Kier alpha value is -1.93. The summed E-state index contributed by atoms with van der Waals surface area (Å²) in [6.07, 6.45) is 2.39. The van der Waals surface area contributed by atoms with Gasteiger partial charge in [-0.15, -0.1) is 0 Å². The van der Waals surface area contributed by atoms with Crippen LogP contribution >= 0.6 is 0 Å². The number of carbonyl (C=O) groups is 2. The molecular weight excluding hydrogens is 302 g/mol. The second-order valence-electron chi connectivity index (χ2n) is 5.90. The van der Waals surface area contributed by atoms with Crippen LogP contribution in [0.1, 0.15) is 29.6 Å². The predicted molar refractivity (Wildman–Crippen MR) is 79.2 cm³/mol. The lowest BCUT2D eigenvalue weighted by atomic mass is 9.95. The third kappa shape index (κ3) is 2.72. The lowest BCUT2D eigenvalue weighted by molar-refractivity contribution is -0.152. The van der Waals surface area contributed by atoms with Crippen LogP contribution in [-0.2, 0) is 16.0 Å². The number of carboxylic acids is 1. The first kappa shape index (κ1) is 15.9. The van der Waals surface area contributed by atoms with Gasteiger partial charge >= 0.3 is 5.97 Å². The molecule has 8 heteroatoms. The average Bonchev–Trinajstić information content (AvgIpc) is 3.24. The van der Waals surface area contributed by atoms with E-state index < -0.39 is 11.5 Å². The van der Waals surface area contributed by atoms with Crippen LogP contribution in [0, 0.1) is 0 Å². The highest BCUT2D eigenvalue weighted by molar-refractivity contribution is 5.93. The SMILES string of the molecule is CCc1ocnc1C(=O)N1CCN(C2(C(=O)O)CCOC2)CC1. The summed E-state index contributed by atoms with van der Waals surface area (Å²) >= 11 is 0. The molecule has 0 bridgehead atoms. The number of rotatable bonds is 4. The Morgan fingerprint density at radius 2 is 2.09 bits per heavy atom. The van der Waals surface area contributed by atoms with Crippen LogP contribution < -0.4 is 0 Å². The topological polar surface area (TPSA) is 96.1 Å². The van der Waals surface area contributed by atoms with Gasteiger partial charge in [0.1, 0.15) is 11.3 Å². The molecule has 1 unspecified atom stereocenters. The van der Waals surface area contributed by atoms with E-state index in [1.165, 1.54) is 6.39 Å². The third-order valence-electron chi connectivity index (χ3n) is 4.74. The number of amides is 1. The number of hydrogen-bond donors (Lipinski definition) is 1. The Balaban J connectivity index is 1.66. The predicted octanol–water partition coefficient (Wildman–Crippen LogP) is 0.239.